The Morgan fingerprint density at radius 2 is 1.22 bits per heavy atom. The second-order valence-corrected chi connectivity index (χ2v) is 11.0. The molecule has 4 unspecified atom stereocenters. The SMILES string of the molecule is CC(=O)C(Cc1ccc(O)cc1)NC(=O)C(CC(=O)C(Cc1ccc(O)cc1)NC(=O)C(N)Cc1cnc[nH]1)Cc1cnc[nH]1. The quantitative estimate of drug-likeness (QED) is 0.0964. The number of rotatable bonds is 16. The van der Waals surface area contributed by atoms with Crippen LogP contribution in [-0.2, 0) is 44.9 Å². The number of aromatic nitrogens is 4. The number of hydrogen-bond acceptors (Lipinski definition) is 9. The van der Waals surface area contributed by atoms with Crippen molar-refractivity contribution in [1.29, 1.82) is 0 Å². The molecule has 0 fully saturated rings. The summed E-state index contributed by atoms with van der Waals surface area (Å²) in [6.45, 7) is 1.37. The molecule has 236 valence electrons. The van der Waals surface area contributed by atoms with Gasteiger partial charge in [-0.1, -0.05) is 24.3 Å². The number of phenols is 2. The third-order valence-electron chi connectivity index (χ3n) is 7.44. The van der Waals surface area contributed by atoms with Gasteiger partial charge >= 0.3 is 0 Å². The molecule has 8 N–H and O–H groups in total. The second kappa shape index (κ2) is 15.4. The monoisotopic (exact) mass is 615 g/mol. The van der Waals surface area contributed by atoms with E-state index in [0.717, 1.165) is 5.56 Å². The number of aromatic amines is 2. The molecule has 0 bridgehead atoms. The highest BCUT2D eigenvalue weighted by Gasteiger charge is 2.31. The molecule has 0 aliphatic carbocycles. The zero-order valence-electron chi connectivity index (χ0n) is 24.8. The number of H-pyrrole nitrogens is 2. The number of nitrogens with zero attached hydrogens (tertiary/aromatic N) is 2. The van der Waals surface area contributed by atoms with E-state index in [0.29, 0.717) is 17.0 Å². The van der Waals surface area contributed by atoms with Crippen LogP contribution in [0.2, 0.25) is 0 Å². The van der Waals surface area contributed by atoms with Crippen molar-refractivity contribution in [2.24, 2.45) is 11.7 Å². The van der Waals surface area contributed by atoms with Crippen molar-refractivity contribution in [3.63, 3.8) is 0 Å². The van der Waals surface area contributed by atoms with Crippen LogP contribution >= 0.6 is 0 Å². The molecular formula is C32H37N7O6. The number of carbonyl (C=O) groups excluding carboxylic acids is 4. The number of ketones is 2. The average molecular weight is 616 g/mol. The van der Waals surface area contributed by atoms with E-state index in [1.54, 1.807) is 36.7 Å². The van der Waals surface area contributed by atoms with Crippen LogP contribution in [0.4, 0.5) is 0 Å². The molecule has 0 saturated heterocycles. The molecule has 0 aliphatic heterocycles. The number of carbonyl (C=O) groups is 4. The molecule has 2 aromatic heterocycles. The van der Waals surface area contributed by atoms with Gasteiger partial charge in [-0.15, -0.1) is 0 Å². The lowest BCUT2D eigenvalue weighted by Gasteiger charge is -2.24. The number of nitrogens with one attached hydrogen (secondary N) is 4. The van der Waals surface area contributed by atoms with Gasteiger partial charge in [0.25, 0.3) is 0 Å². The highest BCUT2D eigenvalue weighted by molar-refractivity contribution is 5.95. The summed E-state index contributed by atoms with van der Waals surface area (Å²) in [5.41, 5.74) is 8.82. The fourth-order valence-corrected chi connectivity index (χ4v) is 4.88. The van der Waals surface area contributed by atoms with Gasteiger partial charge in [0.2, 0.25) is 11.8 Å². The Labute approximate surface area is 259 Å². The number of hydrogen-bond donors (Lipinski definition) is 7. The lowest BCUT2D eigenvalue weighted by molar-refractivity contribution is -0.133. The highest BCUT2D eigenvalue weighted by Crippen LogP contribution is 2.18. The van der Waals surface area contributed by atoms with Crippen molar-refractivity contribution in [3.05, 3.63) is 96.1 Å². The first-order valence-electron chi connectivity index (χ1n) is 14.5. The summed E-state index contributed by atoms with van der Waals surface area (Å²) in [4.78, 5) is 66.9. The van der Waals surface area contributed by atoms with Crippen molar-refractivity contribution >= 4 is 23.4 Å². The van der Waals surface area contributed by atoms with Gasteiger partial charge in [0.1, 0.15) is 11.5 Å². The number of nitrogens with two attached hydrogens (primary N) is 1. The van der Waals surface area contributed by atoms with Gasteiger partial charge in [-0.25, -0.2) is 9.97 Å². The summed E-state index contributed by atoms with van der Waals surface area (Å²) in [5.74, 6) is -2.52. The summed E-state index contributed by atoms with van der Waals surface area (Å²) >= 11 is 0. The van der Waals surface area contributed by atoms with E-state index < -0.39 is 41.6 Å². The van der Waals surface area contributed by atoms with Crippen molar-refractivity contribution < 1.29 is 29.4 Å². The Balaban J connectivity index is 1.53. The van der Waals surface area contributed by atoms with E-state index in [-0.39, 0.29) is 49.4 Å². The Kier molecular flexibility index (Phi) is 11.2. The fourth-order valence-electron chi connectivity index (χ4n) is 4.88. The number of Topliss-reactive ketones (excluding diaryl/α,β-unsaturated/α-hetero) is 2. The standard InChI is InChI=1S/C32H37N7O6/c1-19(40)28(10-20-2-6-25(41)7-3-20)38-31(44)22(12-23-15-34-17-36-23)13-30(43)29(11-21-4-8-26(42)9-5-21)39-32(45)27(33)14-24-16-35-18-37-24/h2-9,15-18,22,27-29,41-42H,10-14,33H2,1H3,(H,34,36)(H,35,37)(H,38,44)(H,39,45). The molecule has 13 nitrogen and oxygen atoms in total. The number of phenolic OH excluding ortho intramolecular Hbond substituents is 2. The van der Waals surface area contributed by atoms with Gasteiger partial charge in [0.15, 0.2) is 11.6 Å². The zero-order valence-corrected chi connectivity index (χ0v) is 24.8. The largest absolute Gasteiger partial charge is 0.508 e. The van der Waals surface area contributed by atoms with Crippen LogP contribution in [0.25, 0.3) is 0 Å². The van der Waals surface area contributed by atoms with Crippen LogP contribution < -0.4 is 16.4 Å². The number of benzene rings is 2. The van der Waals surface area contributed by atoms with Gasteiger partial charge in [-0.2, -0.15) is 0 Å². The minimum absolute atomic E-state index is 0.0517. The first kappa shape index (κ1) is 32.6. The predicted octanol–water partition coefficient (Wildman–Crippen LogP) is 1.28. The molecule has 45 heavy (non-hydrogen) atoms. The Morgan fingerprint density at radius 1 is 0.733 bits per heavy atom. The van der Waals surface area contributed by atoms with Crippen molar-refractivity contribution in [2.75, 3.05) is 0 Å². The Bertz CT molecular complexity index is 1550. The van der Waals surface area contributed by atoms with Crippen molar-refractivity contribution in [2.45, 2.75) is 57.2 Å². The molecule has 0 aliphatic rings. The number of imidazole rings is 2. The maximum atomic E-state index is 13.9. The molecule has 4 aromatic rings. The van der Waals surface area contributed by atoms with Gasteiger partial charge in [0, 0.05) is 43.0 Å². The van der Waals surface area contributed by atoms with E-state index in [1.165, 1.54) is 43.8 Å². The number of aromatic hydroxyl groups is 2. The highest BCUT2D eigenvalue weighted by atomic mass is 16.3. The smallest absolute Gasteiger partial charge is 0.237 e. The van der Waals surface area contributed by atoms with Crippen LogP contribution in [0.1, 0.15) is 35.9 Å². The third-order valence-corrected chi connectivity index (χ3v) is 7.44. The van der Waals surface area contributed by atoms with E-state index in [1.807, 2.05) is 0 Å². The van der Waals surface area contributed by atoms with Gasteiger partial charge in [0.05, 0.1) is 36.7 Å². The lowest BCUT2D eigenvalue weighted by Crippen LogP contribution is -2.51. The van der Waals surface area contributed by atoms with Crippen LogP contribution in [0.5, 0.6) is 11.5 Å². The Morgan fingerprint density at radius 3 is 1.71 bits per heavy atom. The van der Waals surface area contributed by atoms with Gasteiger partial charge in [-0.05, 0) is 55.2 Å². The normalized spacial score (nSPS) is 13.7. The fraction of sp³-hybridized carbons (Fsp3) is 0.312. The predicted molar refractivity (Wildman–Crippen MR) is 164 cm³/mol. The average Bonchev–Trinajstić information content (AvgIpc) is 3.73. The summed E-state index contributed by atoms with van der Waals surface area (Å²) in [6.07, 6.45) is 6.37. The lowest BCUT2D eigenvalue weighted by atomic mass is 9.90. The molecule has 0 spiro atoms. The first-order valence-corrected chi connectivity index (χ1v) is 14.5. The van der Waals surface area contributed by atoms with Crippen LogP contribution in [0.3, 0.4) is 0 Å². The maximum absolute atomic E-state index is 13.9. The topological polar surface area (TPSA) is 216 Å². The van der Waals surface area contributed by atoms with Crippen molar-refractivity contribution in [3.8, 4) is 11.5 Å². The van der Waals surface area contributed by atoms with Crippen LogP contribution in [-0.4, -0.2) is 71.7 Å². The Hall–Kier alpha value is -5.30. The summed E-state index contributed by atoms with van der Waals surface area (Å²) in [5, 5.41) is 24.9. The van der Waals surface area contributed by atoms with Crippen LogP contribution in [0.15, 0.2) is 73.6 Å². The molecule has 4 atom stereocenters. The van der Waals surface area contributed by atoms with E-state index in [9.17, 15) is 29.4 Å². The van der Waals surface area contributed by atoms with Gasteiger partial charge in [-0.3, -0.25) is 19.2 Å². The first-order chi connectivity index (χ1) is 21.6. The minimum atomic E-state index is -1.03. The van der Waals surface area contributed by atoms with Gasteiger partial charge < -0.3 is 36.5 Å². The molecular weight excluding hydrogens is 578 g/mol. The molecule has 0 radical (unpaired) electrons. The van der Waals surface area contributed by atoms with Crippen LogP contribution in [0, 0.1) is 5.92 Å². The van der Waals surface area contributed by atoms with E-state index in [2.05, 4.69) is 30.6 Å². The third kappa shape index (κ3) is 9.86. The second-order valence-electron chi connectivity index (χ2n) is 11.0. The maximum Gasteiger partial charge on any atom is 0.237 e. The molecule has 2 heterocycles. The summed E-state index contributed by atoms with van der Waals surface area (Å²) in [6, 6.07) is 9.69. The summed E-state index contributed by atoms with van der Waals surface area (Å²) in [7, 11) is 0. The molecule has 2 amide bonds. The number of amides is 2. The van der Waals surface area contributed by atoms with E-state index >= 15 is 0 Å². The molecule has 13 heteroatoms. The molecule has 4 rings (SSSR count). The molecule has 0 saturated carbocycles. The molecule has 2 aromatic carbocycles. The minimum Gasteiger partial charge on any atom is -0.508 e. The van der Waals surface area contributed by atoms with E-state index in [4.69, 9.17) is 5.73 Å². The zero-order chi connectivity index (χ0) is 32.3. The van der Waals surface area contributed by atoms with Crippen molar-refractivity contribution in [1.82, 2.24) is 30.6 Å². The summed E-state index contributed by atoms with van der Waals surface area (Å²) < 4.78 is 0.